The van der Waals surface area contributed by atoms with Crippen LogP contribution in [0.5, 0.6) is 0 Å². The van der Waals surface area contributed by atoms with Crippen LogP contribution in [-0.2, 0) is 0 Å². The zero-order valence-corrected chi connectivity index (χ0v) is 19.1. The highest BCUT2D eigenvalue weighted by Crippen LogP contribution is 2.24. The lowest BCUT2D eigenvalue weighted by atomic mass is 9.96. The number of nitrogens with two attached hydrogens (primary N) is 1. The molecule has 1 saturated heterocycles. The van der Waals surface area contributed by atoms with Gasteiger partial charge in [-0.25, -0.2) is 0 Å². The third-order valence-corrected chi connectivity index (χ3v) is 5.12. The normalized spacial score (nSPS) is 16.2. The fraction of sp³-hybridized carbons (Fsp3) is 0.545. The van der Waals surface area contributed by atoms with Gasteiger partial charge < -0.3 is 26.6 Å². The maximum absolute atomic E-state index is 11.6. The molecule has 31 heavy (non-hydrogen) atoms. The van der Waals surface area contributed by atoms with E-state index in [4.69, 9.17) is 15.7 Å². The summed E-state index contributed by atoms with van der Waals surface area (Å²) in [6, 6.07) is 5.57. The van der Waals surface area contributed by atoms with Crippen LogP contribution in [-0.4, -0.2) is 53.1 Å². The molecule has 0 spiro atoms. The summed E-state index contributed by atoms with van der Waals surface area (Å²) in [5, 5.41) is 10.0. The summed E-state index contributed by atoms with van der Waals surface area (Å²) in [4.78, 5) is 27.8. The molecule has 9 nitrogen and oxygen atoms in total. The third kappa shape index (κ3) is 6.27. The zero-order chi connectivity index (χ0) is 22.6. The monoisotopic (exact) mass is 426 g/mol. The molecule has 3 rings (SSSR count). The summed E-state index contributed by atoms with van der Waals surface area (Å²) < 4.78 is 0. The van der Waals surface area contributed by atoms with Crippen molar-refractivity contribution in [2.75, 3.05) is 41.7 Å². The number of carbonyl (C=O) groups excluding carboxylic acids is 1. The Balaban J connectivity index is 1.96. The van der Waals surface area contributed by atoms with E-state index >= 15 is 0 Å². The molecular weight excluding hydrogens is 392 g/mol. The van der Waals surface area contributed by atoms with E-state index in [1.807, 2.05) is 13.0 Å². The van der Waals surface area contributed by atoms with Crippen molar-refractivity contribution in [1.82, 2.24) is 20.3 Å². The van der Waals surface area contributed by atoms with Gasteiger partial charge in [-0.15, -0.1) is 0 Å². The first kappa shape index (κ1) is 22.7. The Morgan fingerprint density at radius 3 is 2.61 bits per heavy atom. The smallest absolute Gasteiger partial charge is 0.248 e. The van der Waals surface area contributed by atoms with Gasteiger partial charge in [-0.3, -0.25) is 4.79 Å². The highest BCUT2D eigenvalue weighted by molar-refractivity contribution is 5.94. The van der Waals surface area contributed by atoms with Crippen molar-refractivity contribution in [2.24, 2.45) is 11.1 Å². The van der Waals surface area contributed by atoms with Crippen LogP contribution in [0, 0.1) is 12.3 Å². The summed E-state index contributed by atoms with van der Waals surface area (Å²) in [7, 11) is 0. The van der Waals surface area contributed by atoms with Crippen molar-refractivity contribution >= 4 is 29.4 Å². The lowest BCUT2D eigenvalue weighted by molar-refractivity contribution is 0.100. The number of aromatic nitrogens is 3. The van der Waals surface area contributed by atoms with Crippen molar-refractivity contribution < 1.29 is 4.79 Å². The largest absolute Gasteiger partial charge is 0.366 e. The molecule has 1 aromatic carbocycles. The van der Waals surface area contributed by atoms with Crippen LogP contribution in [0.4, 0.5) is 23.5 Å². The molecule has 0 unspecified atom stereocenters. The van der Waals surface area contributed by atoms with E-state index in [-0.39, 0.29) is 11.5 Å². The maximum atomic E-state index is 11.6. The van der Waals surface area contributed by atoms with Gasteiger partial charge in [0.15, 0.2) is 0 Å². The van der Waals surface area contributed by atoms with Gasteiger partial charge in [-0.05, 0) is 49.9 Å². The van der Waals surface area contributed by atoms with Gasteiger partial charge >= 0.3 is 0 Å². The minimum atomic E-state index is -0.474. The first-order chi connectivity index (χ1) is 14.6. The Morgan fingerprint density at radius 1 is 1.26 bits per heavy atom. The number of aryl methyl sites for hydroxylation is 1. The number of anilines is 4. The summed E-state index contributed by atoms with van der Waals surface area (Å²) in [6.45, 7) is 14.1. The van der Waals surface area contributed by atoms with E-state index < -0.39 is 5.91 Å². The molecule has 1 aliphatic rings. The molecule has 1 fully saturated rings. The van der Waals surface area contributed by atoms with Crippen LogP contribution >= 0.6 is 0 Å². The molecule has 1 atom stereocenters. The molecule has 0 radical (unpaired) electrons. The van der Waals surface area contributed by atoms with E-state index in [2.05, 4.69) is 53.5 Å². The number of rotatable bonds is 8. The highest BCUT2D eigenvalue weighted by Gasteiger charge is 2.21. The minimum absolute atomic E-state index is 0.0889. The van der Waals surface area contributed by atoms with Crippen LogP contribution in [0.25, 0.3) is 0 Å². The van der Waals surface area contributed by atoms with Crippen molar-refractivity contribution in [3.05, 3.63) is 29.3 Å². The number of nitrogens with zero attached hydrogens (tertiary/aromatic N) is 4. The molecule has 1 aliphatic heterocycles. The molecule has 5 N–H and O–H groups in total. The van der Waals surface area contributed by atoms with Crippen LogP contribution < -0.4 is 26.6 Å². The van der Waals surface area contributed by atoms with Crippen molar-refractivity contribution in [1.29, 1.82) is 0 Å². The number of primary amides is 1. The second-order valence-electron chi connectivity index (χ2n) is 9.21. The van der Waals surface area contributed by atoms with Gasteiger partial charge in [0.05, 0.1) is 0 Å². The Labute approximate surface area is 184 Å². The summed E-state index contributed by atoms with van der Waals surface area (Å²) in [5.41, 5.74) is 7.67. The van der Waals surface area contributed by atoms with E-state index in [1.54, 1.807) is 12.1 Å². The Kier molecular flexibility index (Phi) is 6.94. The molecule has 0 bridgehead atoms. The molecule has 2 aromatic rings. The fourth-order valence-electron chi connectivity index (χ4n) is 3.51. The van der Waals surface area contributed by atoms with Gasteiger partial charge in [-0.2, -0.15) is 15.0 Å². The Hall–Kier alpha value is -2.94. The second kappa shape index (κ2) is 9.47. The molecular formula is C22H34N8O. The Bertz CT molecular complexity index is 918. The fourth-order valence-corrected chi connectivity index (χ4v) is 3.51. The van der Waals surface area contributed by atoms with Gasteiger partial charge in [0.25, 0.3) is 0 Å². The molecule has 168 valence electrons. The third-order valence-electron chi connectivity index (χ3n) is 5.12. The standard InChI is InChI=1S/C22H34N8O/c1-6-30(13-22(3,4)5)21-28-19(25-16-9-10-24-12-16)27-20(29-21)26-17-11-15(18(23)31)8-7-14(17)2/h7-8,11,16,24H,6,9-10,12-13H2,1-5H3,(H2,23,31)(H2,25,26,27,28,29)/t16-/m0/s1. The van der Waals surface area contributed by atoms with Crippen molar-refractivity contribution in [2.45, 2.75) is 47.1 Å². The molecule has 9 heteroatoms. The lowest BCUT2D eigenvalue weighted by Gasteiger charge is -2.29. The number of benzene rings is 1. The van der Waals surface area contributed by atoms with Gasteiger partial charge in [0, 0.05) is 36.9 Å². The predicted octanol–water partition coefficient (Wildman–Crippen LogP) is 2.67. The van der Waals surface area contributed by atoms with Crippen LogP contribution in [0.3, 0.4) is 0 Å². The molecule has 1 amide bonds. The zero-order valence-electron chi connectivity index (χ0n) is 19.1. The van der Waals surface area contributed by atoms with Crippen molar-refractivity contribution in [3.63, 3.8) is 0 Å². The lowest BCUT2D eigenvalue weighted by Crippen LogP contribution is -2.34. The van der Waals surface area contributed by atoms with Gasteiger partial charge in [0.2, 0.25) is 23.8 Å². The predicted molar refractivity (Wildman–Crippen MR) is 125 cm³/mol. The highest BCUT2D eigenvalue weighted by atomic mass is 16.1. The summed E-state index contributed by atoms with van der Waals surface area (Å²) >= 11 is 0. The SMILES string of the molecule is CCN(CC(C)(C)C)c1nc(Nc2cc(C(N)=O)ccc2C)nc(N[C@H]2CCNC2)n1. The van der Waals surface area contributed by atoms with Crippen LogP contribution in [0.2, 0.25) is 0 Å². The van der Waals surface area contributed by atoms with E-state index in [9.17, 15) is 4.79 Å². The molecule has 2 heterocycles. The molecule has 0 saturated carbocycles. The van der Waals surface area contributed by atoms with Gasteiger partial charge in [0.1, 0.15) is 0 Å². The average Bonchev–Trinajstić information content (AvgIpc) is 3.19. The number of carbonyl (C=O) groups is 1. The van der Waals surface area contributed by atoms with Crippen LogP contribution in [0.1, 0.15) is 50.0 Å². The van der Waals surface area contributed by atoms with Crippen molar-refractivity contribution in [3.8, 4) is 0 Å². The maximum Gasteiger partial charge on any atom is 0.248 e. The first-order valence-electron chi connectivity index (χ1n) is 10.8. The Morgan fingerprint density at radius 2 is 2.00 bits per heavy atom. The van der Waals surface area contributed by atoms with E-state index in [0.29, 0.717) is 23.4 Å². The minimum Gasteiger partial charge on any atom is -0.366 e. The van der Waals surface area contributed by atoms with E-state index in [0.717, 1.165) is 43.9 Å². The quantitative estimate of drug-likeness (QED) is 0.508. The topological polar surface area (TPSA) is 121 Å². The number of hydrogen-bond acceptors (Lipinski definition) is 8. The van der Waals surface area contributed by atoms with Gasteiger partial charge in [-0.1, -0.05) is 26.8 Å². The van der Waals surface area contributed by atoms with E-state index in [1.165, 1.54) is 0 Å². The summed E-state index contributed by atoms with van der Waals surface area (Å²) in [6.07, 6.45) is 1.02. The average molecular weight is 427 g/mol. The molecule has 1 aromatic heterocycles. The number of nitrogens with one attached hydrogen (secondary N) is 3. The van der Waals surface area contributed by atoms with Crippen LogP contribution in [0.15, 0.2) is 18.2 Å². The summed E-state index contributed by atoms with van der Waals surface area (Å²) in [5.74, 6) is 1.11. The molecule has 0 aliphatic carbocycles. The first-order valence-corrected chi connectivity index (χ1v) is 10.8. The number of amides is 1. The number of hydrogen-bond donors (Lipinski definition) is 4. The second-order valence-corrected chi connectivity index (χ2v) is 9.21.